The molecule has 3 aromatic carbocycles. The van der Waals surface area contributed by atoms with Crippen LogP contribution in [0.2, 0.25) is 0 Å². The Balaban J connectivity index is 1.38. The second-order valence-corrected chi connectivity index (χ2v) is 8.40. The molecule has 6 heteroatoms. The molecule has 0 fully saturated rings. The Morgan fingerprint density at radius 2 is 1.74 bits per heavy atom. The number of hydrogen-bond acceptors (Lipinski definition) is 4. The smallest absolute Gasteiger partial charge is 0.255 e. The van der Waals surface area contributed by atoms with E-state index in [0.29, 0.717) is 31.0 Å². The number of amides is 1. The summed E-state index contributed by atoms with van der Waals surface area (Å²) < 4.78 is 13.6. The SMILES string of the molecule is COc1ccccc1C(=O)NCCCc1nc2ccccc2n1CCOc1cc(C)cc(C)c1. The Morgan fingerprint density at radius 1 is 1.00 bits per heavy atom. The van der Waals surface area contributed by atoms with Gasteiger partial charge in [0, 0.05) is 13.0 Å². The molecule has 1 aromatic heterocycles. The van der Waals surface area contributed by atoms with Gasteiger partial charge in [-0.05, 0) is 67.8 Å². The van der Waals surface area contributed by atoms with Crippen LogP contribution in [-0.2, 0) is 13.0 Å². The van der Waals surface area contributed by atoms with Crippen molar-refractivity contribution >= 4 is 16.9 Å². The highest BCUT2D eigenvalue weighted by molar-refractivity contribution is 5.96. The molecule has 4 rings (SSSR count). The monoisotopic (exact) mass is 457 g/mol. The summed E-state index contributed by atoms with van der Waals surface area (Å²) in [6, 6.07) is 21.7. The lowest BCUT2D eigenvalue weighted by Gasteiger charge is -2.12. The van der Waals surface area contributed by atoms with Crippen LogP contribution in [0.5, 0.6) is 11.5 Å². The number of carbonyl (C=O) groups excluding carboxylic acids is 1. The van der Waals surface area contributed by atoms with E-state index in [1.54, 1.807) is 19.2 Å². The molecule has 1 heterocycles. The molecule has 0 saturated carbocycles. The van der Waals surface area contributed by atoms with Crippen molar-refractivity contribution in [2.45, 2.75) is 33.2 Å². The van der Waals surface area contributed by atoms with E-state index < -0.39 is 0 Å². The van der Waals surface area contributed by atoms with Crippen molar-refractivity contribution in [3.63, 3.8) is 0 Å². The Morgan fingerprint density at radius 3 is 2.53 bits per heavy atom. The summed E-state index contributed by atoms with van der Waals surface area (Å²) in [6.07, 6.45) is 1.53. The topological polar surface area (TPSA) is 65.4 Å². The molecule has 0 unspecified atom stereocenters. The summed E-state index contributed by atoms with van der Waals surface area (Å²) in [5.74, 6) is 2.33. The van der Waals surface area contributed by atoms with Crippen molar-refractivity contribution in [2.75, 3.05) is 20.3 Å². The number of benzene rings is 3. The summed E-state index contributed by atoms with van der Waals surface area (Å²) >= 11 is 0. The quantitative estimate of drug-likeness (QED) is 0.336. The van der Waals surface area contributed by atoms with Gasteiger partial charge in [0.1, 0.15) is 23.9 Å². The van der Waals surface area contributed by atoms with Crippen LogP contribution in [0.4, 0.5) is 0 Å². The van der Waals surface area contributed by atoms with Gasteiger partial charge in [0.15, 0.2) is 0 Å². The number of para-hydroxylation sites is 3. The van der Waals surface area contributed by atoms with Gasteiger partial charge in [-0.3, -0.25) is 4.79 Å². The van der Waals surface area contributed by atoms with E-state index in [1.807, 2.05) is 30.3 Å². The lowest BCUT2D eigenvalue weighted by atomic mass is 10.1. The van der Waals surface area contributed by atoms with Gasteiger partial charge in [0.05, 0.1) is 30.3 Å². The van der Waals surface area contributed by atoms with Crippen molar-refractivity contribution in [3.8, 4) is 11.5 Å². The number of nitrogens with one attached hydrogen (secondary N) is 1. The molecule has 0 aliphatic rings. The van der Waals surface area contributed by atoms with E-state index in [2.05, 4.69) is 48.0 Å². The third-order valence-corrected chi connectivity index (χ3v) is 5.73. The Bertz CT molecular complexity index is 1260. The molecule has 0 bridgehead atoms. The molecule has 4 aromatic rings. The number of aromatic nitrogens is 2. The van der Waals surface area contributed by atoms with Gasteiger partial charge < -0.3 is 19.4 Å². The highest BCUT2D eigenvalue weighted by Gasteiger charge is 2.13. The minimum absolute atomic E-state index is 0.132. The van der Waals surface area contributed by atoms with Gasteiger partial charge in [-0.1, -0.05) is 30.3 Å². The molecule has 0 aliphatic carbocycles. The number of methoxy groups -OCH3 is 1. The minimum atomic E-state index is -0.132. The average molecular weight is 458 g/mol. The summed E-state index contributed by atoms with van der Waals surface area (Å²) in [5.41, 5.74) is 5.00. The molecule has 0 atom stereocenters. The molecule has 34 heavy (non-hydrogen) atoms. The van der Waals surface area contributed by atoms with Gasteiger partial charge >= 0.3 is 0 Å². The first-order valence-corrected chi connectivity index (χ1v) is 11.6. The number of imidazole rings is 1. The standard InChI is InChI=1S/C28H31N3O3/c1-20-17-21(2)19-22(18-20)34-16-15-31-25-11-6-5-10-24(25)30-27(31)13-8-14-29-28(32)23-9-4-7-12-26(23)33-3/h4-7,9-12,17-19H,8,13-16H2,1-3H3,(H,29,32). The highest BCUT2D eigenvalue weighted by atomic mass is 16.5. The predicted molar refractivity (Wildman–Crippen MR) is 135 cm³/mol. The van der Waals surface area contributed by atoms with Crippen LogP contribution >= 0.6 is 0 Å². The van der Waals surface area contributed by atoms with Crippen LogP contribution in [0.1, 0.15) is 33.7 Å². The molecule has 6 nitrogen and oxygen atoms in total. The second kappa shape index (κ2) is 10.9. The molecule has 0 aliphatic heterocycles. The molecule has 1 amide bonds. The summed E-state index contributed by atoms with van der Waals surface area (Å²) in [7, 11) is 1.57. The molecular weight excluding hydrogens is 426 g/mol. The third-order valence-electron chi connectivity index (χ3n) is 5.73. The molecule has 0 spiro atoms. The lowest BCUT2D eigenvalue weighted by Crippen LogP contribution is -2.25. The number of aryl methyl sites for hydroxylation is 3. The summed E-state index contributed by atoms with van der Waals surface area (Å²) in [5, 5.41) is 2.99. The van der Waals surface area contributed by atoms with Crippen LogP contribution in [0.15, 0.2) is 66.7 Å². The van der Waals surface area contributed by atoms with E-state index in [1.165, 1.54) is 11.1 Å². The Labute approximate surface area is 200 Å². The zero-order valence-corrected chi connectivity index (χ0v) is 20.0. The Kier molecular flexibility index (Phi) is 7.48. The maximum Gasteiger partial charge on any atom is 0.255 e. The van der Waals surface area contributed by atoms with Crippen LogP contribution in [0.3, 0.4) is 0 Å². The largest absolute Gasteiger partial charge is 0.496 e. The van der Waals surface area contributed by atoms with E-state index in [4.69, 9.17) is 14.5 Å². The number of nitrogens with zero attached hydrogens (tertiary/aromatic N) is 2. The maximum absolute atomic E-state index is 12.5. The van der Waals surface area contributed by atoms with Gasteiger partial charge in [0.25, 0.3) is 5.91 Å². The van der Waals surface area contributed by atoms with Gasteiger partial charge in [-0.2, -0.15) is 0 Å². The van der Waals surface area contributed by atoms with E-state index in [0.717, 1.165) is 35.4 Å². The molecular formula is C28H31N3O3. The van der Waals surface area contributed by atoms with Crippen molar-refractivity contribution in [1.29, 1.82) is 0 Å². The minimum Gasteiger partial charge on any atom is -0.496 e. The fourth-order valence-corrected chi connectivity index (χ4v) is 4.21. The van der Waals surface area contributed by atoms with Crippen molar-refractivity contribution in [2.24, 2.45) is 0 Å². The molecule has 0 radical (unpaired) electrons. The Hall–Kier alpha value is -3.80. The molecule has 1 N–H and O–H groups in total. The molecule has 176 valence electrons. The fourth-order valence-electron chi connectivity index (χ4n) is 4.21. The van der Waals surface area contributed by atoms with Crippen LogP contribution in [0.25, 0.3) is 11.0 Å². The predicted octanol–water partition coefficient (Wildman–Crippen LogP) is 5.10. The summed E-state index contributed by atoms with van der Waals surface area (Å²) in [4.78, 5) is 17.4. The lowest BCUT2D eigenvalue weighted by molar-refractivity contribution is 0.0950. The van der Waals surface area contributed by atoms with Gasteiger partial charge in [-0.15, -0.1) is 0 Å². The zero-order valence-electron chi connectivity index (χ0n) is 20.0. The second-order valence-electron chi connectivity index (χ2n) is 8.40. The van der Waals surface area contributed by atoms with Crippen LogP contribution in [0, 0.1) is 13.8 Å². The zero-order chi connectivity index (χ0) is 23.9. The third kappa shape index (κ3) is 5.57. The number of rotatable bonds is 10. The first-order valence-electron chi connectivity index (χ1n) is 11.6. The molecule has 0 saturated heterocycles. The van der Waals surface area contributed by atoms with Crippen molar-refractivity contribution in [1.82, 2.24) is 14.9 Å². The van der Waals surface area contributed by atoms with Crippen molar-refractivity contribution in [3.05, 3.63) is 89.2 Å². The number of ether oxygens (including phenoxy) is 2. The average Bonchev–Trinajstić information content (AvgIpc) is 3.18. The number of hydrogen-bond donors (Lipinski definition) is 1. The van der Waals surface area contributed by atoms with Gasteiger partial charge in [-0.25, -0.2) is 4.98 Å². The van der Waals surface area contributed by atoms with Gasteiger partial charge in [0.2, 0.25) is 0 Å². The van der Waals surface area contributed by atoms with E-state index in [-0.39, 0.29) is 5.91 Å². The first-order chi connectivity index (χ1) is 16.5. The summed E-state index contributed by atoms with van der Waals surface area (Å²) in [6.45, 7) is 5.97. The normalized spacial score (nSPS) is 10.9. The van der Waals surface area contributed by atoms with E-state index in [9.17, 15) is 4.79 Å². The number of carbonyl (C=O) groups is 1. The maximum atomic E-state index is 12.5. The van der Waals surface area contributed by atoms with Crippen LogP contribution in [-0.4, -0.2) is 35.7 Å². The van der Waals surface area contributed by atoms with E-state index >= 15 is 0 Å². The first kappa shape index (κ1) is 23.4. The fraction of sp³-hybridized carbons (Fsp3) is 0.286. The highest BCUT2D eigenvalue weighted by Crippen LogP contribution is 2.20. The number of fused-ring (bicyclic) bond motifs is 1. The van der Waals surface area contributed by atoms with Crippen LogP contribution < -0.4 is 14.8 Å². The van der Waals surface area contributed by atoms with Crippen molar-refractivity contribution < 1.29 is 14.3 Å².